The summed E-state index contributed by atoms with van der Waals surface area (Å²) in [6, 6.07) is 4.74. The zero-order valence-electron chi connectivity index (χ0n) is 12.5. The monoisotopic (exact) mass is 316 g/mol. The molecule has 0 radical (unpaired) electrons. The van der Waals surface area contributed by atoms with E-state index in [9.17, 15) is 23.1 Å². The topological polar surface area (TPSA) is 43.8 Å². The lowest BCUT2D eigenvalue weighted by Gasteiger charge is -2.27. The standard InChI is InChI=1S/C15H19F3N2O2/c1-19(2)9-14(22)7-8-20(10-14)13(21)11-5-3-4-6-12(11)15(16,17)18/h3-6,22H,7-10H2,1-2H3/t14-/m1/s1. The molecule has 1 aliphatic heterocycles. The minimum atomic E-state index is -4.58. The van der Waals surface area contributed by atoms with Crippen LogP contribution in [0.5, 0.6) is 0 Å². The summed E-state index contributed by atoms with van der Waals surface area (Å²) in [7, 11) is 3.59. The zero-order chi connectivity index (χ0) is 16.5. The largest absolute Gasteiger partial charge is 0.417 e. The Hall–Kier alpha value is -1.60. The first kappa shape index (κ1) is 16.8. The number of likely N-dealkylation sites (tertiary alicyclic amines) is 1. The number of nitrogens with zero attached hydrogens (tertiary/aromatic N) is 2. The van der Waals surface area contributed by atoms with Gasteiger partial charge >= 0.3 is 6.18 Å². The average molecular weight is 316 g/mol. The molecule has 0 unspecified atom stereocenters. The second kappa shape index (κ2) is 5.89. The summed E-state index contributed by atoms with van der Waals surface area (Å²) >= 11 is 0. The van der Waals surface area contributed by atoms with Gasteiger partial charge in [-0.1, -0.05) is 12.1 Å². The van der Waals surface area contributed by atoms with Crippen molar-refractivity contribution in [1.29, 1.82) is 0 Å². The number of benzene rings is 1. The van der Waals surface area contributed by atoms with E-state index < -0.39 is 23.2 Å². The minimum Gasteiger partial charge on any atom is -0.387 e. The first-order chi connectivity index (χ1) is 10.1. The summed E-state index contributed by atoms with van der Waals surface area (Å²) in [6.45, 7) is 0.642. The van der Waals surface area contributed by atoms with E-state index in [1.807, 2.05) is 0 Å². The molecule has 0 saturated carbocycles. The molecule has 1 N–H and O–H groups in total. The highest BCUT2D eigenvalue weighted by Gasteiger charge is 2.41. The molecule has 1 aromatic rings. The van der Waals surface area contributed by atoms with E-state index in [0.717, 1.165) is 6.07 Å². The predicted octanol–water partition coefficient (Wildman–Crippen LogP) is 1.84. The molecular weight excluding hydrogens is 297 g/mol. The molecule has 0 aliphatic carbocycles. The molecule has 1 aliphatic rings. The van der Waals surface area contributed by atoms with Crippen LogP contribution in [0.25, 0.3) is 0 Å². The van der Waals surface area contributed by atoms with Crippen molar-refractivity contribution < 1.29 is 23.1 Å². The van der Waals surface area contributed by atoms with Gasteiger partial charge in [0, 0.05) is 13.1 Å². The average Bonchev–Trinajstić information content (AvgIpc) is 2.78. The molecule has 1 heterocycles. The fourth-order valence-corrected chi connectivity index (χ4v) is 2.83. The Kier molecular flexibility index (Phi) is 4.49. The fourth-order valence-electron chi connectivity index (χ4n) is 2.83. The third-order valence-electron chi connectivity index (χ3n) is 3.69. The van der Waals surface area contributed by atoms with E-state index >= 15 is 0 Å². The van der Waals surface area contributed by atoms with Crippen LogP contribution < -0.4 is 0 Å². The van der Waals surface area contributed by atoms with Gasteiger partial charge in [0.2, 0.25) is 0 Å². The highest BCUT2D eigenvalue weighted by atomic mass is 19.4. The van der Waals surface area contributed by atoms with E-state index in [0.29, 0.717) is 13.0 Å². The normalized spacial score (nSPS) is 22.4. The first-order valence-corrected chi connectivity index (χ1v) is 6.95. The fraction of sp³-hybridized carbons (Fsp3) is 0.533. The molecule has 0 aromatic heterocycles. The Labute approximate surface area is 127 Å². The SMILES string of the molecule is CN(C)C[C@]1(O)CCN(C(=O)c2ccccc2C(F)(F)F)C1. The lowest BCUT2D eigenvalue weighted by atomic mass is 10.0. The molecule has 1 saturated heterocycles. The summed E-state index contributed by atoms with van der Waals surface area (Å²) in [5.41, 5.74) is -2.39. The number of β-amino-alcohol motifs (C(OH)–C–C–N with tert-alkyl or cyclic N) is 1. The molecule has 0 bridgehead atoms. The number of likely N-dealkylation sites (N-methyl/N-ethyl adjacent to an activating group) is 1. The highest BCUT2D eigenvalue weighted by molar-refractivity contribution is 5.96. The van der Waals surface area contributed by atoms with Gasteiger partial charge in [0.1, 0.15) is 0 Å². The van der Waals surface area contributed by atoms with Crippen LogP contribution in [-0.2, 0) is 6.18 Å². The summed E-state index contributed by atoms with van der Waals surface area (Å²) in [6.07, 6.45) is -4.23. The number of carbonyl (C=O) groups is 1. The molecule has 0 spiro atoms. The van der Waals surface area contributed by atoms with Gasteiger partial charge in [-0.3, -0.25) is 4.79 Å². The van der Waals surface area contributed by atoms with Gasteiger partial charge in [-0.25, -0.2) is 0 Å². The zero-order valence-corrected chi connectivity index (χ0v) is 12.5. The Morgan fingerprint density at radius 3 is 2.59 bits per heavy atom. The van der Waals surface area contributed by atoms with Crippen LogP contribution in [0.3, 0.4) is 0 Å². The van der Waals surface area contributed by atoms with Crippen molar-refractivity contribution in [2.24, 2.45) is 0 Å². The van der Waals surface area contributed by atoms with Gasteiger partial charge in [0.15, 0.2) is 0 Å². The number of rotatable bonds is 3. The van der Waals surface area contributed by atoms with Gasteiger partial charge in [-0.2, -0.15) is 13.2 Å². The number of carbonyl (C=O) groups excluding carboxylic acids is 1. The number of alkyl halides is 3. The summed E-state index contributed by atoms with van der Waals surface area (Å²) in [4.78, 5) is 15.5. The lowest BCUT2D eigenvalue weighted by Crippen LogP contribution is -2.43. The van der Waals surface area contributed by atoms with Crippen LogP contribution >= 0.6 is 0 Å². The molecule has 122 valence electrons. The maximum Gasteiger partial charge on any atom is 0.417 e. The van der Waals surface area contributed by atoms with Crippen LogP contribution in [0.4, 0.5) is 13.2 Å². The van der Waals surface area contributed by atoms with E-state index in [2.05, 4.69) is 0 Å². The van der Waals surface area contributed by atoms with Crippen LogP contribution in [0.2, 0.25) is 0 Å². The summed E-state index contributed by atoms with van der Waals surface area (Å²) < 4.78 is 39.0. The molecule has 1 fully saturated rings. The molecule has 2 rings (SSSR count). The van der Waals surface area contributed by atoms with E-state index in [1.165, 1.54) is 23.1 Å². The van der Waals surface area contributed by atoms with Gasteiger partial charge in [0.05, 0.1) is 23.3 Å². The summed E-state index contributed by atoms with van der Waals surface area (Å²) in [5, 5.41) is 10.4. The Morgan fingerprint density at radius 2 is 2.00 bits per heavy atom. The highest BCUT2D eigenvalue weighted by Crippen LogP contribution is 2.33. The maximum atomic E-state index is 13.0. The van der Waals surface area contributed by atoms with Gasteiger partial charge in [0.25, 0.3) is 5.91 Å². The lowest BCUT2D eigenvalue weighted by molar-refractivity contribution is -0.138. The number of hydrogen-bond acceptors (Lipinski definition) is 3. The molecule has 1 atom stereocenters. The Bertz CT molecular complexity index is 560. The van der Waals surface area contributed by atoms with Crippen LogP contribution in [-0.4, -0.2) is 60.1 Å². The van der Waals surface area contributed by atoms with Gasteiger partial charge in [-0.05, 0) is 32.6 Å². The number of aliphatic hydroxyl groups is 1. The van der Waals surface area contributed by atoms with Crippen molar-refractivity contribution in [3.05, 3.63) is 35.4 Å². The Balaban J connectivity index is 2.21. The van der Waals surface area contributed by atoms with Crippen molar-refractivity contribution in [2.45, 2.75) is 18.2 Å². The second-order valence-electron chi connectivity index (χ2n) is 5.98. The third-order valence-corrected chi connectivity index (χ3v) is 3.69. The third kappa shape index (κ3) is 3.59. The van der Waals surface area contributed by atoms with Gasteiger partial charge in [-0.15, -0.1) is 0 Å². The van der Waals surface area contributed by atoms with Crippen molar-refractivity contribution in [3.8, 4) is 0 Å². The van der Waals surface area contributed by atoms with E-state index in [-0.39, 0.29) is 18.7 Å². The van der Waals surface area contributed by atoms with Crippen molar-refractivity contribution in [2.75, 3.05) is 33.7 Å². The number of halogens is 3. The van der Waals surface area contributed by atoms with Crippen molar-refractivity contribution in [3.63, 3.8) is 0 Å². The van der Waals surface area contributed by atoms with Crippen LogP contribution in [0.15, 0.2) is 24.3 Å². The van der Waals surface area contributed by atoms with Crippen molar-refractivity contribution >= 4 is 5.91 Å². The Morgan fingerprint density at radius 1 is 1.36 bits per heavy atom. The molecule has 7 heteroatoms. The van der Waals surface area contributed by atoms with E-state index in [1.54, 1.807) is 19.0 Å². The van der Waals surface area contributed by atoms with Crippen LogP contribution in [0, 0.1) is 0 Å². The molecular formula is C15H19F3N2O2. The smallest absolute Gasteiger partial charge is 0.387 e. The van der Waals surface area contributed by atoms with E-state index in [4.69, 9.17) is 0 Å². The maximum absolute atomic E-state index is 13.0. The molecule has 4 nitrogen and oxygen atoms in total. The molecule has 22 heavy (non-hydrogen) atoms. The van der Waals surface area contributed by atoms with Crippen LogP contribution in [0.1, 0.15) is 22.3 Å². The van der Waals surface area contributed by atoms with Crippen molar-refractivity contribution in [1.82, 2.24) is 9.80 Å². The number of amides is 1. The number of hydrogen-bond donors (Lipinski definition) is 1. The predicted molar refractivity (Wildman–Crippen MR) is 75.5 cm³/mol. The second-order valence-corrected chi connectivity index (χ2v) is 5.98. The van der Waals surface area contributed by atoms with Gasteiger partial charge < -0.3 is 14.9 Å². The molecule has 1 amide bonds. The minimum absolute atomic E-state index is 0.0379. The summed E-state index contributed by atoms with van der Waals surface area (Å²) in [5.74, 6) is -0.692. The molecule has 1 aromatic carbocycles. The quantitative estimate of drug-likeness (QED) is 0.925. The first-order valence-electron chi connectivity index (χ1n) is 6.95.